The summed E-state index contributed by atoms with van der Waals surface area (Å²) in [6.07, 6.45) is -3.31. The van der Waals surface area contributed by atoms with E-state index in [4.69, 9.17) is 16.3 Å². The summed E-state index contributed by atoms with van der Waals surface area (Å²) in [6, 6.07) is 6.45. The van der Waals surface area contributed by atoms with Gasteiger partial charge in [0.2, 0.25) is 6.41 Å². The molecule has 3 rings (SSSR count). The molecule has 2 amide bonds. The van der Waals surface area contributed by atoms with E-state index < -0.39 is 23.6 Å². The van der Waals surface area contributed by atoms with Crippen molar-refractivity contribution in [2.24, 2.45) is 0 Å². The average Bonchev–Trinajstić information content (AvgIpc) is 2.80. The van der Waals surface area contributed by atoms with Gasteiger partial charge in [0.15, 0.2) is 0 Å². The summed E-state index contributed by atoms with van der Waals surface area (Å²) in [6.45, 7) is 2.14. The molecule has 0 saturated heterocycles. The fourth-order valence-electron chi connectivity index (χ4n) is 3.13. The van der Waals surface area contributed by atoms with Crippen molar-refractivity contribution in [2.45, 2.75) is 26.1 Å². The summed E-state index contributed by atoms with van der Waals surface area (Å²) in [5.74, 6) is -1.69. The van der Waals surface area contributed by atoms with Crippen LogP contribution in [0.4, 0.5) is 18.9 Å². The fraction of sp³-hybridized carbons (Fsp3) is 0.273. The Balaban J connectivity index is 0.000000604. The first-order valence-corrected chi connectivity index (χ1v) is 10.1. The third-order valence-corrected chi connectivity index (χ3v) is 5.18. The molecule has 0 aliphatic carbocycles. The molecule has 1 N–H and O–H groups in total. The number of nitrogens with zero attached hydrogens (tertiary/aromatic N) is 1. The van der Waals surface area contributed by atoms with Gasteiger partial charge in [-0.15, -0.1) is 0 Å². The van der Waals surface area contributed by atoms with E-state index in [2.05, 4.69) is 10.1 Å². The molecule has 1 aliphatic heterocycles. The van der Waals surface area contributed by atoms with Crippen LogP contribution in [0.2, 0.25) is 5.02 Å². The second kappa shape index (κ2) is 11.5. The number of carbonyl (C=O) groups excluding carboxylic acids is 4. The number of alkyl halides is 3. The largest absolute Gasteiger partial charge is 0.496 e. The molecule has 0 atom stereocenters. The minimum absolute atomic E-state index is 0.0995. The van der Waals surface area contributed by atoms with Gasteiger partial charge in [0.25, 0.3) is 5.91 Å². The third-order valence-electron chi connectivity index (χ3n) is 4.75. The number of anilines is 1. The molecule has 1 aliphatic rings. The van der Waals surface area contributed by atoms with E-state index in [0.29, 0.717) is 25.1 Å². The number of methoxy groups -OCH3 is 1. The van der Waals surface area contributed by atoms with Gasteiger partial charge in [0.1, 0.15) is 5.75 Å². The van der Waals surface area contributed by atoms with Crippen LogP contribution in [-0.4, -0.2) is 43.3 Å². The number of ether oxygens (including phenoxy) is 2. The van der Waals surface area contributed by atoms with Crippen molar-refractivity contribution in [3.8, 4) is 5.75 Å². The van der Waals surface area contributed by atoms with Gasteiger partial charge in [-0.1, -0.05) is 17.7 Å². The zero-order valence-corrected chi connectivity index (χ0v) is 18.8. The van der Waals surface area contributed by atoms with Crippen LogP contribution in [0.15, 0.2) is 30.3 Å². The topological polar surface area (TPSA) is 102 Å². The Morgan fingerprint density at radius 1 is 1.18 bits per heavy atom. The number of nitrogens with one attached hydrogen (secondary N) is 1. The van der Waals surface area contributed by atoms with Crippen LogP contribution < -0.4 is 10.1 Å². The quantitative estimate of drug-likeness (QED) is 0.380. The monoisotopic (exact) mass is 500 g/mol. The van der Waals surface area contributed by atoms with Crippen molar-refractivity contribution in [1.29, 1.82) is 0 Å². The van der Waals surface area contributed by atoms with Crippen LogP contribution in [-0.2, 0) is 38.3 Å². The maximum absolute atomic E-state index is 13.2. The minimum Gasteiger partial charge on any atom is -0.496 e. The number of hydrogen-bond acceptors (Lipinski definition) is 6. The number of benzene rings is 2. The predicted molar refractivity (Wildman–Crippen MR) is 115 cm³/mol. The van der Waals surface area contributed by atoms with Gasteiger partial charge < -0.3 is 19.7 Å². The number of hydrogen-bond donors (Lipinski definition) is 1. The molecular formula is C22H20ClF3N2O6. The smallest absolute Gasteiger partial charge is 0.419 e. The van der Waals surface area contributed by atoms with Gasteiger partial charge >= 0.3 is 18.6 Å². The van der Waals surface area contributed by atoms with Crippen LogP contribution in [0.25, 0.3) is 0 Å². The highest BCUT2D eigenvalue weighted by Crippen LogP contribution is 2.37. The maximum atomic E-state index is 13.2. The van der Waals surface area contributed by atoms with Gasteiger partial charge in [0.05, 0.1) is 23.4 Å². The van der Waals surface area contributed by atoms with E-state index in [1.54, 1.807) is 17.0 Å². The highest BCUT2D eigenvalue weighted by molar-refractivity contribution is 6.34. The summed E-state index contributed by atoms with van der Waals surface area (Å²) < 4.78 is 47.9. The molecule has 0 spiro atoms. The number of esters is 1. The van der Waals surface area contributed by atoms with E-state index in [1.165, 1.54) is 6.07 Å². The molecule has 0 bridgehead atoms. The normalized spacial score (nSPS) is 12.5. The van der Waals surface area contributed by atoms with Gasteiger partial charge in [-0.25, -0.2) is 0 Å². The minimum atomic E-state index is -4.66. The van der Waals surface area contributed by atoms with Gasteiger partial charge in [-0.3, -0.25) is 19.2 Å². The lowest BCUT2D eigenvalue weighted by Gasteiger charge is -2.27. The number of amides is 2. The number of carbonyl (C=O) groups is 4. The van der Waals surface area contributed by atoms with E-state index in [1.807, 2.05) is 0 Å². The molecule has 0 unspecified atom stereocenters. The van der Waals surface area contributed by atoms with Crippen LogP contribution in [0, 0.1) is 0 Å². The standard InChI is InChI=1S/C19H16ClF3N2O3.C3H4O3/c1-28-16-5-3-12(8-14(16)19(21,22)23)18(27)24-15-4-2-11-6-7-25(10-26)9-13(11)17(15)20;1-3(5)6-2-4/h2-5,8,10H,6-7,9H2,1H3,(H,24,27);2H,1H3. The molecule has 8 nitrogen and oxygen atoms in total. The van der Waals surface area contributed by atoms with E-state index in [9.17, 15) is 32.3 Å². The molecule has 0 fully saturated rings. The zero-order valence-electron chi connectivity index (χ0n) is 18.1. The van der Waals surface area contributed by atoms with E-state index in [-0.39, 0.29) is 28.5 Å². The Kier molecular flexibility index (Phi) is 9.02. The molecule has 0 radical (unpaired) electrons. The van der Waals surface area contributed by atoms with Crippen LogP contribution in [0.5, 0.6) is 5.75 Å². The van der Waals surface area contributed by atoms with E-state index >= 15 is 0 Å². The SMILES string of the molecule is CC(=O)OC=O.COc1ccc(C(=O)Nc2ccc3c(c2Cl)CN(C=O)CC3)cc1C(F)(F)F. The molecule has 2 aromatic carbocycles. The van der Waals surface area contributed by atoms with Crippen molar-refractivity contribution in [2.75, 3.05) is 19.0 Å². The summed E-state index contributed by atoms with van der Waals surface area (Å²) in [5.41, 5.74) is 0.716. The Morgan fingerprint density at radius 2 is 1.88 bits per heavy atom. The summed E-state index contributed by atoms with van der Waals surface area (Å²) in [5, 5.41) is 2.81. The molecule has 182 valence electrons. The lowest BCUT2D eigenvalue weighted by Crippen LogP contribution is -2.29. The summed E-state index contributed by atoms with van der Waals surface area (Å²) in [7, 11) is 1.12. The maximum Gasteiger partial charge on any atom is 0.419 e. The number of halogens is 4. The van der Waals surface area contributed by atoms with Gasteiger partial charge in [-0.05, 0) is 41.8 Å². The van der Waals surface area contributed by atoms with Crippen LogP contribution >= 0.6 is 11.6 Å². The lowest BCUT2D eigenvalue weighted by atomic mass is 9.99. The molecule has 34 heavy (non-hydrogen) atoms. The highest BCUT2D eigenvalue weighted by Gasteiger charge is 2.35. The van der Waals surface area contributed by atoms with Crippen molar-refractivity contribution in [3.63, 3.8) is 0 Å². The van der Waals surface area contributed by atoms with Crippen molar-refractivity contribution < 1.29 is 41.8 Å². The highest BCUT2D eigenvalue weighted by atomic mass is 35.5. The first-order chi connectivity index (χ1) is 16.0. The second-order valence-electron chi connectivity index (χ2n) is 6.96. The predicted octanol–water partition coefficient (Wildman–Crippen LogP) is 3.84. The molecule has 1 heterocycles. The summed E-state index contributed by atoms with van der Waals surface area (Å²) >= 11 is 6.37. The Morgan fingerprint density at radius 3 is 2.41 bits per heavy atom. The van der Waals surface area contributed by atoms with Crippen molar-refractivity contribution in [1.82, 2.24) is 4.90 Å². The molecule has 0 saturated carbocycles. The van der Waals surface area contributed by atoms with Crippen molar-refractivity contribution in [3.05, 3.63) is 57.6 Å². The van der Waals surface area contributed by atoms with Gasteiger partial charge in [-0.2, -0.15) is 13.2 Å². The molecular weight excluding hydrogens is 481 g/mol. The summed E-state index contributed by atoms with van der Waals surface area (Å²) in [4.78, 5) is 43.8. The van der Waals surface area contributed by atoms with E-state index in [0.717, 1.165) is 38.1 Å². The Hall–Kier alpha value is -3.60. The first kappa shape index (κ1) is 26.7. The zero-order chi connectivity index (χ0) is 25.5. The number of rotatable bonds is 5. The molecule has 0 aromatic heterocycles. The Bertz CT molecular complexity index is 1090. The molecule has 12 heteroatoms. The average molecular weight is 501 g/mol. The fourth-order valence-corrected chi connectivity index (χ4v) is 3.42. The molecule has 2 aromatic rings. The van der Waals surface area contributed by atoms with Gasteiger partial charge in [0, 0.05) is 25.6 Å². The van der Waals surface area contributed by atoms with Crippen LogP contribution in [0.3, 0.4) is 0 Å². The lowest BCUT2D eigenvalue weighted by molar-refractivity contribution is -0.149. The third kappa shape index (κ3) is 6.70. The van der Waals surface area contributed by atoms with Crippen molar-refractivity contribution >= 4 is 42.0 Å². The number of fused-ring (bicyclic) bond motifs is 1. The first-order valence-electron chi connectivity index (χ1n) is 9.68. The Labute approximate surface area is 197 Å². The second-order valence-corrected chi connectivity index (χ2v) is 7.34. The van der Waals surface area contributed by atoms with Crippen LogP contribution in [0.1, 0.15) is 34.0 Å².